The maximum absolute atomic E-state index is 12.0. The van der Waals surface area contributed by atoms with Crippen LogP contribution < -0.4 is 5.32 Å². The lowest BCUT2D eigenvalue weighted by Gasteiger charge is -2.06. The summed E-state index contributed by atoms with van der Waals surface area (Å²) in [5.74, 6) is -0.610. The predicted molar refractivity (Wildman–Crippen MR) is 73.1 cm³/mol. The van der Waals surface area contributed by atoms with Crippen LogP contribution in [-0.2, 0) is 7.05 Å². The molecule has 2 N–H and O–H groups in total. The fourth-order valence-electron chi connectivity index (χ4n) is 1.65. The number of carbonyl (C=O) groups is 1. The fraction of sp³-hybridized carbons (Fsp3) is 0.0833. The van der Waals surface area contributed by atoms with E-state index in [9.17, 15) is 20.0 Å². The van der Waals surface area contributed by atoms with Gasteiger partial charge in [-0.15, -0.1) is 0 Å². The molecule has 104 valence electrons. The summed E-state index contributed by atoms with van der Waals surface area (Å²) in [5, 5.41) is 22.6. The Labute approximate surface area is 118 Å². The maximum atomic E-state index is 12.0. The molecule has 0 aliphatic rings. The highest BCUT2D eigenvalue weighted by atomic mass is 35.5. The Morgan fingerprint density at radius 1 is 1.45 bits per heavy atom. The molecule has 8 heteroatoms. The van der Waals surface area contributed by atoms with Crippen molar-refractivity contribution < 1.29 is 14.8 Å². The molecule has 7 nitrogen and oxygen atoms in total. The standard InChI is InChI=1S/C12H10ClN3O4/c1-15-6-8(16(19)20)5-10(15)12(18)14-7-2-3-11(17)9(13)4-7/h2-6,17H,1H3,(H,14,18). The van der Waals surface area contributed by atoms with Gasteiger partial charge in [0.15, 0.2) is 0 Å². The van der Waals surface area contributed by atoms with Gasteiger partial charge in [0.25, 0.3) is 11.6 Å². The van der Waals surface area contributed by atoms with Crippen molar-refractivity contribution in [3.05, 3.63) is 51.3 Å². The van der Waals surface area contributed by atoms with Crippen molar-refractivity contribution in [3.63, 3.8) is 0 Å². The van der Waals surface area contributed by atoms with Crippen molar-refractivity contribution in [3.8, 4) is 5.75 Å². The van der Waals surface area contributed by atoms with E-state index in [0.717, 1.165) is 0 Å². The van der Waals surface area contributed by atoms with E-state index in [2.05, 4.69) is 5.32 Å². The number of hydrogen-bond acceptors (Lipinski definition) is 4. The van der Waals surface area contributed by atoms with E-state index in [1.165, 1.54) is 42.1 Å². The zero-order valence-electron chi connectivity index (χ0n) is 10.3. The summed E-state index contributed by atoms with van der Waals surface area (Å²) in [6, 6.07) is 5.37. The SMILES string of the molecule is Cn1cc([N+](=O)[O-])cc1C(=O)Nc1ccc(O)c(Cl)c1. The van der Waals surface area contributed by atoms with E-state index >= 15 is 0 Å². The van der Waals surface area contributed by atoms with Crippen molar-refractivity contribution in [1.29, 1.82) is 0 Å². The van der Waals surface area contributed by atoms with Crippen LogP contribution in [-0.4, -0.2) is 20.5 Å². The molecule has 0 bridgehead atoms. The van der Waals surface area contributed by atoms with Gasteiger partial charge >= 0.3 is 0 Å². The van der Waals surface area contributed by atoms with Crippen molar-refractivity contribution in [2.75, 3.05) is 5.32 Å². The summed E-state index contributed by atoms with van der Waals surface area (Å²) < 4.78 is 1.36. The number of rotatable bonds is 3. The van der Waals surface area contributed by atoms with Gasteiger partial charge in [0.2, 0.25) is 0 Å². The third-order valence-electron chi connectivity index (χ3n) is 2.64. The minimum atomic E-state index is -0.575. The largest absolute Gasteiger partial charge is 0.506 e. The summed E-state index contributed by atoms with van der Waals surface area (Å²) >= 11 is 5.72. The average molecular weight is 296 g/mol. The van der Waals surface area contributed by atoms with Crippen LogP contribution in [0.2, 0.25) is 5.02 Å². The summed E-state index contributed by atoms with van der Waals surface area (Å²) in [7, 11) is 1.53. The number of hydrogen-bond donors (Lipinski definition) is 2. The molecule has 1 heterocycles. The van der Waals surface area contributed by atoms with E-state index in [-0.39, 0.29) is 22.2 Å². The first-order chi connectivity index (χ1) is 9.38. The Kier molecular flexibility index (Phi) is 3.62. The quantitative estimate of drug-likeness (QED) is 0.516. The monoisotopic (exact) mass is 295 g/mol. The van der Waals surface area contributed by atoms with Crippen LogP contribution in [0.4, 0.5) is 11.4 Å². The molecule has 0 fully saturated rings. The number of carbonyl (C=O) groups excluding carboxylic acids is 1. The van der Waals surface area contributed by atoms with E-state index in [1.54, 1.807) is 0 Å². The molecule has 0 unspecified atom stereocenters. The third-order valence-corrected chi connectivity index (χ3v) is 2.94. The van der Waals surface area contributed by atoms with Crippen molar-refractivity contribution in [2.45, 2.75) is 0 Å². The molecule has 0 atom stereocenters. The van der Waals surface area contributed by atoms with Crippen LogP contribution >= 0.6 is 11.6 Å². The highest BCUT2D eigenvalue weighted by Gasteiger charge is 2.17. The molecule has 0 aliphatic carbocycles. The number of aryl methyl sites for hydroxylation is 1. The molecular formula is C12H10ClN3O4. The van der Waals surface area contributed by atoms with Gasteiger partial charge in [0.1, 0.15) is 11.4 Å². The zero-order chi connectivity index (χ0) is 14.9. The summed E-state index contributed by atoms with van der Waals surface area (Å²) in [5.41, 5.74) is 0.351. The number of halogens is 1. The average Bonchev–Trinajstić information content (AvgIpc) is 2.76. The second kappa shape index (κ2) is 5.22. The van der Waals surface area contributed by atoms with Crippen LogP contribution in [0.3, 0.4) is 0 Å². The number of phenols is 1. The molecule has 2 aromatic rings. The van der Waals surface area contributed by atoms with Gasteiger partial charge in [-0.25, -0.2) is 0 Å². The van der Waals surface area contributed by atoms with Crippen LogP contribution in [0, 0.1) is 10.1 Å². The molecule has 1 aromatic carbocycles. The van der Waals surface area contributed by atoms with Gasteiger partial charge in [-0.05, 0) is 18.2 Å². The second-order valence-corrected chi connectivity index (χ2v) is 4.48. The first-order valence-corrected chi connectivity index (χ1v) is 5.87. The summed E-state index contributed by atoms with van der Waals surface area (Å²) in [4.78, 5) is 22.1. The topological polar surface area (TPSA) is 97.4 Å². The molecule has 2 rings (SSSR count). The number of phenolic OH excluding ortho intramolecular Hbond substituents is 1. The Morgan fingerprint density at radius 2 is 2.15 bits per heavy atom. The molecule has 1 aromatic heterocycles. The number of nitro groups is 1. The maximum Gasteiger partial charge on any atom is 0.287 e. The Balaban J connectivity index is 2.23. The van der Waals surface area contributed by atoms with Crippen LogP contribution in [0.1, 0.15) is 10.5 Å². The third kappa shape index (κ3) is 2.72. The van der Waals surface area contributed by atoms with Gasteiger partial charge in [0, 0.05) is 18.8 Å². The lowest BCUT2D eigenvalue weighted by Crippen LogP contribution is -2.15. The Bertz CT molecular complexity index is 696. The molecule has 0 radical (unpaired) electrons. The van der Waals surface area contributed by atoms with E-state index in [0.29, 0.717) is 5.69 Å². The van der Waals surface area contributed by atoms with E-state index < -0.39 is 10.8 Å². The molecule has 1 amide bonds. The van der Waals surface area contributed by atoms with Gasteiger partial charge in [-0.1, -0.05) is 11.6 Å². The smallest absolute Gasteiger partial charge is 0.287 e. The molecular weight excluding hydrogens is 286 g/mol. The van der Waals surface area contributed by atoms with E-state index in [4.69, 9.17) is 11.6 Å². The molecule has 0 spiro atoms. The number of nitrogens with one attached hydrogen (secondary N) is 1. The van der Waals surface area contributed by atoms with Gasteiger partial charge in [0.05, 0.1) is 16.1 Å². The van der Waals surface area contributed by atoms with Crippen LogP contribution in [0.5, 0.6) is 5.75 Å². The Morgan fingerprint density at radius 3 is 2.70 bits per heavy atom. The molecule has 20 heavy (non-hydrogen) atoms. The minimum absolute atomic E-state index is 0.0978. The second-order valence-electron chi connectivity index (χ2n) is 4.07. The van der Waals surface area contributed by atoms with Crippen LogP contribution in [0.15, 0.2) is 30.5 Å². The van der Waals surface area contributed by atoms with Gasteiger partial charge < -0.3 is 15.0 Å². The molecule has 0 aliphatic heterocycles. The number of benzene rings is 1. The first-order valence-electron chi connectivity index (χ1n) is 5.49. The van der Waals surface area contributed by atoms with Crippen molar-refractivity contribution >= 4 is 28.9 Å². The van der Waals surface area contributed by atoms with E-state index in [1.807, 2.05) is 0 Å². The summed E-state index contributed by atoms with van der Waals surface area (Å²) in [6.07, 6.45) is 1.25. The predicted octanol–water partition coefficient (Wildman–Crippen LogP) is 2.54. The van der Waals surface area contributed by atoms with Gasteiger partial charge in [-0.2, -0.15) is 0 Å². The Hall–Kier alpha value is -2.54. The zero-order valence-corrected chi connectivity index (χ0v) is 11.1. The first kappa shape index (κ1) is 13.9. The number of nitrogens with zero attached hydrogens (tertiary/aromatic N) is 2. The molecule has 0 saturated carbocycles. The molecule has 0 saturated heterocycles. The highest BCUT2D eigenvalue weighted by Crippen LogP contribution is 2.26. The highest BCUT2D eigenvalue weighted by molar-refractivity contribution is 6.32. The van der Waals surface area contributed by atoms with Gasteiger partial charge in [-0.3, -0.25) is 14.9 Å². The summed E-state index contributed by atoms with van der Waals surface area (Å²) in [6.45, 7) is 0. The lowest BCUT2D eigenvalue weighted by molar-refractivity contribution is -0.384. The minimum Gasteiger partial charge on any atom is -0.506 e. The van der Waals surface area contributed by atoms with Crippen LogP contribution in [0.25, 0.3) is 0 Å². The number of aromatic nitrogens is 1. The van der Waals surface area contributed by atoms with Crippen molar-refractivity contribution in [1.82, 2.24) is 4.57 Å². The number of amides is 1. The van der Waals surface area contributed by atoms with Crippen molar-refractivity contribution in [2.24, 2.45) is 7.05 Å². The lowest BCUT2D eigenvalue weighted by atomic mass is 10.3. The number of anilines is 1. The number of aromatic hydroxyl groups is 1. The fourth-order valence-corrected chi connectivity index (χ4v) is 1.83. The normalized spacial score (nSPS) is 10.3.